The van der Waals surface area contributed by atoms with Crippen LogP contribution in [0.15, 0.2) is 64.6 Å². The number of amides is 1. The van der Waals surface area contributed by atoms with Gasteiger partial charge in [0.25, 0.3) is 0 Å². The second kappa shape index (κ2) is 9.77. The van der Waals surface area contributed by atoms with Gasteiger partial charge in [0.1, 0.15) is 17.3 Å². The fourth-order valence-corrected chi connectivity index (χ4v) is 4.67. The van der Waals surface area contributed by atoms with Gasteiger partial charge in [-0.15, -0.1) is 10.2 Å². The molecule has 0 aliphatic heterocycles. The number of sulfone groups is 1. The first-order valence-corrected chi connectivity index (χ1v) is 11.8. The Morgan fingerprint density at radius 2 is 1.80 bits per heavy atom. The van der Waals surface area contributed by atoms with Gasteiger partial charge in [0.05, 0.1) is 17.3 Å². The highest BCUT2D eigenvalue weighted by molar-refractivity contribution is 7.99. The number of hydrogen-bond donors (Lipinski definition) is 1. The van der Waals surface area contributed by atoms with E-state index in [4.69, 9.17) is 4.74 Å². The fourth-order valence-electron chi connectivity index (χ4n) is 2.61. The maximum absolute atomic E-state index is 12.5. The molecule has 158 valence electrons. The molecule has 0 saturated heterocycles. The highest BCUT2D eigenvalue weighted by Crippen LogP contribution is 2.20. The first-order chi connectivity index (χ1) is 14.4. The highest BCUT2D eigenvalue weighted by Gasteiger charge is 2.20. The Bertz CT molecular complexity index is 1100. The summed E-state index contributed by atoms with van der Waals surface area (Å²) in [5.74, 6) is 0.699. The summed E-state index contributed by atoms with van der Waals surface area (Å²) in [7, 11) is -1.84. The largest absolute Gasteiger partial charge is 0.494 e. The first kappa shape index (κ1) is 21.8. The van der Waals surface area contributed by atoms with Gasteiger partial charge in [0, 0.05) is 12.7 Å². The average Bonchev–Trinajstić information content (AvgIpc) is 3.08. The second-order valence-electron chi connectivity index (χ2n) is 6.32. The van der Waals surface area contributed by atoms with Crippen LogP contribution in [0.5, 0.6) is 5.75 Å². The lowest BCUT2D eigenvalue weighted by Gasteiger charge is -2.07. The molecule has 1 amide bonds. The molecule has 0 fully saturated rings. The molecule has 0 atom stereocenters. The summed E-state index contributed by atoms with van der Waals surface area (Å²) in [6.45, 7) is 2.48. The van der Waals surface area contributed by atoms with E-state index in [2.05, 4.69) is 15.5 Å². The number of rotatable bonds is 9. The van der Waals surface area contributed by atoms with Crippen molar-refractivity contribution in [3.8, 4) is 5.75 Å². The lowest BCUT2D eigenvalue weighted by Crippen LogP contribution is -2.14. The first-order valence-electron chi connectivity index (χ1n) is 9.20. The number of nitrogens with zero attached hydrogens (tertiary/aromatic N) is 3. The van der Waals surface area contributed by atoms with Crippen molar-refractivity contribution in [3.63, 3.8) is 0 Å². The van der Waals surface area contributed by atoms with Gasteiger partial charge < -0.3 is 14.6 Å². The van der Waals surface area contributed by atoms with Crippen molar-refractivity contribution in [1.82, 2.24) is 14.8 Å². The minimum atomic E-state index is -3.52. The summed E-state index contributed by atoms with van der Waals surface area (Å²) < 4.78 is 32.0. The van der Waals surface area contributed by atoms with Crippen LogP contribution < -0.4 is 10.1 Å². The maximum atomic E-state index is 12.5. The summed E-state index contributed by atoms with van der Waals surface area (Å²) in [5, 5.41) is 11.3. The lowest BCUT2D eigenvalue weighted by molar-refractivity contribution is -0.113. The molecule has 1 N–H and O–H groups in total. The monoisotopic (exact) mass is 446 g/mol. The number of benzene rings is 2. The number of carbonyl (C=O) groups excluding carboxylic acids is 1. The van der Waals surface area contributed by atoms with Crippen LogP contribution >= 0.6 is 11.8 Å². The molecule has 8 nitrogen and oxygen atoms in total. The highest BCUT2D eigenvalue weighted by atomic mass is 32.2. The van der Waals surface area contributed by atoms with E-state index in [1.165, 1.54) is 11.8 Å². The summed E-state index contributed by atoms with van der Waals surface area (Å²) in [4.78, 5) is 12.4. The molecule has 0 spiro atoms. The molecule has 1 heterocycles. The second-order valence-corrected chi connectivity index (χ2v) is 9.26. The van der Waals surface area contributed by atoms with Crippen LogP contribution in [0.1, 0.15) is 12.7 Å². The lowest BCUT2D eigenvalue weighted by atomic mass is 10.3. The molecule has 3 rings (SSSR count). The molecule has 2 aromatic carbocycles. The van der Waals surface area contributed by atoms with Crippen molar-refractivity contribution in [2.45, 2.75) is 22.7 Å². The summed E-state index contributed by atoms with van der Waals surface area (Å²) in [6.07, 6.45) is 0. The molecule has 0 aliphatic rings. The molecule has 0 unspecified atom stereocenters. The summed E-state index contributed by atoms with van der Waals surface area (Å²) >= 11 is 1.19. The number of ether oxygens (including phenoxy) is 1. The minimum absolute atomic E-state index is 0.116. The normalized spacial score (nSPS) is 11.3. The summed E-state index contributed by atoms with van der Waals surface area (Å²) in [6, 6.07) is 15.3. The molecule has 0 aliphatic carbocycles. The predicted molar refractivity (Wildman–Crippen MR) is 115 cm³/mol. The molecule has 1 aromatic heterocycles. The third-order valence-electron chi connectivity index (χ3n) is 4.13. The van der Waals surface area contributed by atoms with Crippen LogP contribution in [-0.2, 0) is 27.4 Å². The van der Waals surface area contributed by atoms with Crippen LogP contribution in [0.4, 0.5) is 5.69 Å². The third kappa shape index (κ3) is 5.61. The zero-order chi connectivity index (χ0) is 21.6. The molecule has 0 radical (unpaired) electrons. The van der Waals surface area contributed by atoms with Crippen molar-refractivity contribution in [1.29, 1.82) is 0 Å². The molecule has 30 heavy (non-hydrogen) atoms. The van der Waals surface area contributed by atoms with Crippen molar-refractivity contribution in [2.24, 2.45) is 7.05 Å². The van der Waals surface area contributed by atoms with Gasteiger partial charge in [-0.25, -0.2) is 8.42 Å². The Hall–Kier alpha value is -2.85. The number of nitrogens with one attached hydrogen (secondary N) is 1. The van der Waals surface area contributed by atoms with E-state index in [-0.39, 0.29) is 22.3 Å². The van der Waals surface area contributed by atoms with Crippen molar-refractivity contribution in [2.75, 3.05) is 17.7 Å². The van der Waals surface area contributed by atoms with Gasteiger partial charge >= 0.3 is 0 Å². The average molecular weight is 447 g/mol. The van der Waals surface area contributed by atoms with Crippen LogP contribution in [0.2, 0.25) is 0 Å². The standard InChI is InChI=1S/C20H22N4O4S2/c1-3-28-16-11-9-15(10-12-16)21-19(25)13-29-20-23-22-18(24(20)2)14-30(26,27)17-7-5-4-6-8-17/h4-12H,3,13-14H2,1-2H3,(H,21,25). The molecule has 3 aromatic rings. The van der Waals surface area contributed by atoms with E-state index in [9.17, 15) is 13.2 Å². The number of anilines is 1. The van der Waals surface area contributed by atoms with Gasteiger partial charge in [0.2, 0.25) is 5.91 Å². The smallest absolute Gasteiger partial charge is 0.234 e. The Balaban J connectivity index is 1.58. The fraction of sp³-hybridized carbons (Fsp3) is 0.250. The van der Waals surface area contributed by atoms with Crippen LogP contribution in [0.3, 0.4) is 0 Å². The van der Waals surface area contributed by atoms with Crippen molar-refractivity contribution < 1.29 is 17.9 Å². The van der Waals surface area contributed by atoms with E-state index < -0.39 is 9.84 Å². The van der Waals surface area contributed by atoms with Crippen molar-refractivity contribution in [3.05, 3.63) is 60.4 Å². The minimum Gasteiger partial charge on any atom is -0.494 e. The predicted octanol–water partition coefficient (Wildman–Crippen LogP) is 2.92. The molecular weight excluding hydrogens is 424 g/mol. The maximum Gasteiger partial charge on any atom is 0.234 e. The van der Waals surface area contributed by atoms with E-state index in [0.29, 0.717) is 23.3 Å². The Labute approximate surface area is 179 Å². The Kier molecular flexibility index (Phi) is 7.11. The van der Waals surface area contributed by atoms with Crippen LogP contribution in [-0.4, -0.2) is 41.4 Å². The molecular formula is C20H22N4O4S2. The van der Waals surface area contributed by atoms with E-state index in [0.717, 1.165) is 5.75 Å². The number of carbonyl (C=O) groups is 1. The van der Waals surface area contributed by atoms with Gasteiger partial charge in [-0.3, -0.25) is 4.79 Å². The summed E-state index contributed by atoms with van der Waals surface area (Å²) in [5.41, 5.74) is 0.664. The van der Waals surface area contributed by atoms with Crippen LogP contribution in [0, 0.1) is 0 Å². The Morgan fingerprint density at radius 3 is 2.47 bits per heavy atom. The van der Waals surface area contributed by atoms with Crippen LogP contribution in [0.25, 0.3) is 0 Å². The third-order valence-corrected chi connectivity index (χ3v) is 6.78. The van der Waals surface area contributed by atoms with Gasteiger partial charge in [0.15, 0.2) is 15.0 Å². The van der Waals surface area contributed by atoms with Crippen molar-refractivity contribution >= 4 is 33.2 Å². The topological polar surface area (TPSA) is 103 Å². The van der Waals surface area contributed by atoms with Gasteiger partial charge in [-0.1, -0.05) is 30.0 Å². The number of thioether (sulfide) groups is 1. The van der Waals surface area contributed by atoms with Gasteiger partial charge in [-0.05, 0) is 43.3 Å². The molecule has 10 heteroatoms. The Morgan fingerprint density at radius 1 is 1.10 bits per heavy atom. The molecule has 0 saturated carbocycles. The SMILES string of the molecule is CCOc1ccc(NC(=O)CSc2nnc(CS(=O)(=O)c3ccccc3)n2C)cc1. The number of aromatic nitrogens is 3. The molecule has 0 bridgehead atoms. The van der Waals surface area contributed by atoms with E-state index in [1.54, 1.807) is 66.2 Å². The van der Waals surface area contributed by atoms with Gasteiger partial charge in [-0.2, -0.15) is 0 Å². The number of hydrogen-bond acceptors (Lipinski definition) is 7. The van der Waals surface area contributed by atoms with E-state index in [1.807, 2.05) is 6.92 Å². The zero-order valence-electron chi connectivity index (χ0n) is 16.6. The zero-order valence-corrected chi connectivity index (χ0v) is 18.2. The van der Waals surface area contributed by atoms with E-state index >= 15 is 0 Å². The quantitative estimate of drug-likeness (QED) is 0.504.